The van der Waals surface area contributed by atoms with E-state index in [9.17, 15) is 4.57 Å². The topological polar surface area (TPSA) is 57.5 Å². The molecular formula is C13H28ClO3P. The lowest BCUT2D eigenvalue weighted by Crippen LogP contribution is -1.88. The van der Waals surface area contributed by atoms with E-state index in [0.717, 1.165) is 25.1 Å². The highest BCUT2D eigenvalue weighted by molar-refractivity contribution is 7.51. The van der Waals surface area contributed by atoms with Gasteiger partial charge in [0.1, 0.15) is 0 Å². The van der Waals surface area contributed by atoms with Crippen molar-refractivity contribution in [2.24, 2.45) is 0 Å². The molecule has 0 spiro atoms. The Morgan fingerprint density at radius 3 is 1.33 bits per heavy atom. The second kappa shape index (κ2) is 12.5. The quantitative estimate of drug-likeness (QED) is 0.294. The monoisotopic (exact) mass is 298 g/mol. The Morgan fingerprint density at radius 1 is 0.667 bits per heavy atom. The van der Waals surface area contributed by atoms with E-state index in [-0.39, 0.29) is 6.16 Å². The molecule has 0 unspecified atom stereocenters. The van der Waals surface area contributed by atoms with Crippen LogP contribution >= 0.6 is 19.2 Å². The van der Waals surface area contributed by atoms with Gasteiger partial charge in [0.2, 0.25) is 0 Å². The lowest BCUT2D eigenvalue weighted by molar-refractivity contribution is 0.370. The van der Waals surface area contributed by atoms with Gasteiger partial charge in [-0.25, -0.2) is 0 Å². The third kappa shape index (κ3) is 16.4. The molecule has 2 N–H and O–H groups in total. The number of halogens is 1. The van der Waals surface area contributed by atoms with Crippen LogP contribution in [-0.2, 0) is 4.57 Å². The molecule has 0 fully saturated rings. The lowest BCUT2D eigenvalue weighted by Gasteiger charge is -2.04. The van der Waals surface area contributed by atoms with Crippen LogP contribution in [0, 0.1) is 0 Å². The minimum Gasteiger partial charge on any atom is -0.324 e. The van der Waals surface area contributed by atoms with E-state index in [0.29, 0.717) is 6.42 Å². The summed E-state index contributed by atoms with van der Waals surface area (Å²) in [6.07, 6.45) is 12.8. The molecule has 0 saturated heterocycles. The van der Waals surface area contributed by atoms with E-state index in [2.05, 4.69) is 0 Å². The zero-order chi connectivity index (χ0) is 13.7. The minimum absolute atomic E-state index is 0.0492. The maximum Gasteiger partial charge on any atom is 0.325 e. The fraction of sp³-hybridized carbons (Fsp3) is 1.00. The van der Waals surface area contributed by atoms with Gasteiger partial charge in [-0.3, -0.25) is 4.57 Å². The highest BCUT2D eigenvalue weighted by Crippen LogP contribution is 2.35. The maximum atomic E-state index is 10.6. The summed E-state index contributed by atoms with van der Waals surface area (Å²) in [5.41, 5.74) is 0. The van der Waals surface area contributed by atoms with Crippen molar-refractivity contribution < 1.29 is 14.4 Å². The van der Waals surface area contributed by atoms with Crippen LogP contribution in [-0.4, -0.2) is 21.8 Å². The van der Waals surface area contributed by atoms with E-state index >= 15 is 0 Å². The highest BCUT2D eigenvalue weighted by Gasteiger charge is 2.10. The fourth-order valence-corrected chi connectivity index (χ4v) is 2.83. The van der Waals surface area contributed by atoms with Gasteiger partial charge in [0, 0.05) is 12.0 Å². The van der Waals surface area contributed by atoms with Crippen molar-refractivity contribution in [1.29, 1.82) is 0 Å². The molecule has 0 aliphatic heterocycles. The zero-order valence-corrected chi connectivity index (χ0v) is 13.0. The van der Waals surface area contributed by atoms with E-state index in [4.69, 9.17) is 21.4 Å². The zero-order valence-electron chi connectivity index (χ0n) is 11.3. The van der Waals surface area contributed by atoms with Crippen LogP contribution in [0.1, 0.15) is 70.6 Å². The van der Waals surface area contributed by atoms with Crippen molar-refractivity contribution >= 4 is 19.2 Å². The number of hydrogen-bond donors (Lipinski definition) is 2. The molecule has 0 saturated carbocycles. The Morgan fingerprint density at radius 2 is 1.00 bits per heavy atom. The minimum atomic E-state index is -3.75. The van der Waals surface area contributed by atoms with Crippen LogP contribution in [0.5, 0.6) is 0 Å². The van der Waals surface area contributed by atoms with Gasteiger partial charge in [0.15, 0.2) is 0 Å². The number of hydrogen-bond acceptors (Lipinski definition) is 1. The average molecular weight is 299 g/mol. The third-order valence-electron chi connectivity index (χ3n) is 3.08. The first-order valence-electron chi connectivity index (χ1n) is 7.17. The van der Waals surface area contributed by atoms with Crippen molar-refractivity contribution in [1.82, 2.24) is 0 Å². The van der Waals surface area contributed by atoms with Crippen molar-refractivity contribution in [2.75, 3.05) is 12.0 Å². The molecule has 0 aromatic rings. The van der Waals surface area contributed by atoms with Gasteiger partial charge in [0.05, 0.1) is 0 Å². The first-order valence-corrected chi connectivity index (χ1v) is 9.50. The Bertz CT molecular complexity index is 218. The van der Waals surface area contributed by atoms with Gasteiger partial charge in [-0.1, -0.05) is 57.8 Å². The molecule has 0 aromatic heterocycles. The molecule has 0 aliphatic carbocycles. The number of rotatable bonds is 13. The summed E-state index contributed by atoms with van der Waals surface area (Å²) in [5.74, 6) is 0.786. The molecule has 5 heteroatoms. The molecule has 0 radical (unpaired) electrons. The Hall–Kier alpha value is 0.440. The highest BCUT2D eigenvalue weighted by atomic mass is 35.5. The summed E-state index contributed by atoms with van der Waals surface area (Å²) in [6.45, 7) is 0. The first kappa shape index (κ1) is 18.4. The molecule has 0 amide bonds. The summed E-state index contributed by atoms with van der Waals surface area (Å²) in [4.78, 5) is 17.4. The average Bonchev–Trinajstić information content (AvgIpc) is 2.29. The molecule has 0 bridgehead atoms. The molecule has 0 rings (SSSR count). The maximum absolute atomic E-state index is 10.6. The van der Waals surface area contributed by atoms with Crippen LogP contribution in [0.2, 0.25) is 0 Å². The van der Waals surface area contributed by atoms with Gasteiger partial charge >= 0.3 is 7.60 Å². The Balaban J connectivity index is 3.01. The smallest absolute Gasteiger partial charge is 0.324 e. The predicted octanol–water partition coefficient (Wildman–Crippen LogP) is 4.69. The van der Waals surface area contributed by atoms with Crippen LogP contribution in [0.15, 0.2) is 0 Å². The molecule has 110 valence electrons. The normalized spacial score (nSPS) is 11.9. The molecule has 18 heavy (non-hydrogen) atoms. The summed E-state index contributed by atoms with van der Waals surface area (Å²) in [5, 5.41) is 0. The standard InChI is InChI=1S/C13H28ClO3P/c14-12-10-8-6-4-2-1-3-5-7-9-11-13-18(15,16)17/h1-13H2,(H2,15,16,17). The molecular weight excluding hydrogens is 271 g/mol. The van der Waals surface area contributed by atoms with Gasteiger partial charge in [-0.05, 0) is 12.8 Å². The van der Waals surface area contributed by atoms with Crippen LogP contribution < -0.4 is 0 Å². The molecule has 0 aromatic carbocycles. The molecule has 0 aliphatic rings. The van der Waals surface area contributed by atoms with E-state index in [1.165, 1.54) is 44.9 Å². The third-order valence-corrected chi connectivity index (χ3v) is 4.25. The van der Waals surface area contributed by atoms with Crippen molar-refractivity contribution in [3.05, 3.63) is 0 Å². The van der Waals surface area contributed by atoms with Gasteiger partial charge in [0.25, 0.3) is 0 Å². The van der Waals surface area contributed by atoms with Crippen molar-refractivity contribution in [3.63, 3.8) is 0 Å². The second-order valence-corrected chi connectivity index (χ2v) is 7.12. The number of unbranched alkanes of at least 4 members (excludes halogenated alkanes) is 10. The summed E-state index contributed by atoms with van der Waals surface area (Å²) in [6, 6.07) is 0. The SMILES string of the molecule is O=P(O)(O)CCCCCCCCCCCCCCl. The first-order chi connectivity index (χ1) is 8.56. The molecule has 0 atom stereocenters. The molecule has 0 heterocycles. The van der Waals surface area contributed by atoms with E-state index in [1.54, 1.807) is 0 Å². The van der Waals surface area contributed by atoms with Crippen LogP contribution in [0.3, 0.4) is 0 Å². The fourth-order valence-electron chi connectivity index (χ4n) is 2.00. The van der Waals surface area contributed by atoms with Gasteiger partial charge in [-0.2, -0.15) is 0 Å². The Kier molecular flexibility index (Phi) is 12.8. The van der Waals surface area contributed by atoms with E-state index in [1.807, 2.05) is 0 Å². The predicted molar refractivity (Wildman–Crippen MR) is 78.4 cm³/mol. The number of alkyl halides is 1. The summed E-state index contributed by atoms with van der Waals surface area (Å²) >= 11 is 5.60. The van der Waals surface area contributed by atoms with Gasteiger partial charge in [-0.15, -0.1) is 11.6 Å². The Labute approximate surface area is 116 Å². The largest absolute Gasteiger partial charge is 0.325 e. The van der Waals surface area contributed by atoms with Crippen LogP contribution in [0.25, 0.3) is 0 Å². The summed E-state index contributed by atoms with van der Waals surface area (Å²) in [7, 11) is -3.75. The van der Waals surface area contributed by atoms with Crippen LogP contribution in [0.4, 0.5) is 0 Å². The second-order valence-electron chi connectivity index (χ2n) is 4.97. The lowest BCUT2D eigenvalue weighted by atomic mass is 10.1. The van der Waals surface area contributed by atoms with Crippen molar-refractivity contribution in [2.45, 2.75) is 70.6 Å². The summed E-state index contributed by atoms with van der Waals surface area (Å²) < 4.78 is 10.6. The van der Waals surface area contributed by atoms with E-state index < -0.39 is 7.60 Å². The molecule has 3 nitrogen and oxygen atoms in total. The van der Waals surface area contributed by atoms with Gasteiger partial charge < -0.3 is 9.79 Å². The van der Waals surface area contributed by atoms with Crippen molar-refractivity contribution in [3.8, 4) is 0 Å².